The van der Waals surface area contributed by atoms with Crippen LogP contribution in [0.3, 0.4) is 0 Å². The molecule has 0 saturated heterocycles. The number of halogens is 4. The monoisotopic (exact) mass is 346 g/mol. The Labute approximate surface area is 134 Å². The minimum atomic E-state index is -3.94. The van der Waals surface area contributed by atoms with Crippen LogP contribution in [0.25, 0.3) is 0 Å². The average Bonchev–Trinajstić information content (AvgIpc) is 2.47. The molecule has 0 rings (SSSR count). The van der Waals surface area contributed by atoms with Crippen LogP contribution in [0, 0.1) is 0 Å². The summed E-state index contributed by atoms with van der Waals surface area (Å²) in [6.45, 7) is 4.27. The summed E-state index contributed by atoms with van der Waals surface area (Å²) in [6.07, 6.45) is -0.319. The van der Waals surface area contributed by atoms with Gasteiger partial charge in [0.05, 0.1) is 6.61 Å². The topological polar surface area (TPSA) is 26.3 Å². The Hall–Kier alpha value is -0.460. The predicted molar refractivity (Wildman–Crippen MR) is 81.8 cm³/mol. The van der Waals surface area contributed by atoms with Gasteiger partial charge in [-0.2, -0.15) is 0 Å². The third kappa shape index (κ3) is 9.54. The maximum absolute atomic E-state index is 12.8. The molecule has 0 amide bonds. The molecule has 7 heteroatoms. The van der Waals surface area contributed by atoms with E-state index in [1.54, 1.807) is 0 Å². The Bertz CT molecular complexity index is 301. The first kappa shape index (κ1) is 21.5. The van der Waals surface area contributed by atoms with E-state index in [4.69, 9.17) is 4.74 Å². The fourth-order valence-electron chi connectivity index (χ4n) is 1.79. The highest BCUT2D eigenvalue weighted by molar-refractivity contribution is 8.00. The van der Waals surface area contributed by atoms with Crippen molar-refractivity contribution in [1.82, 2.24) is 0 Å². The maximum atomic E-state index is 12.8. The molecule has 1 atom stereocenters. The molecule has 0 aliphatic heterocycles. The first-order valence-corrected chi connectivity index (χ1v) is 8.84. The molecule has 0 aliphatic carbocycles. The summed E-state index contributed by atoms with van der Waals surface area (Å²) in [7, 11) is 0. The molecule has 0 heterocycles. The van der Waals surface area contributed by atoms with Gasteiger partial charge in [0.15, 0.2) is 0 Å². The smallest absolute Gasteiger partial charge is 0.319 e. The summed E-state index contributed by atoms with van der Waals surface area (Å²) < 4.78 is 54.8. The number of unbranched alkanes of at least 4 members (excludes halogenated alkanes) is 2. The molecule has 0 aliphatic rings. The first-order chi connectivity index (χ1) is 10.3. The van der Waals surface area contributed by atoms with Crippen molar-refractivity contribution in [2.45, 2.75) is 76.4 Å². The molecule has 0 saturated carbocycles. The van der Waals surface area contributed by atoms with Gasteiger partial charge in [-0.3, -0.25) is 4.79 Å². The Morgan fingerprint density at radius 3 is 2.36 bits per heavy atom. The van der Waals surface area contributed by atoms with Crippen molar-refractivity contribution in [3.05, 3.63) is 0 Å². The third-order valence-electron chi connectivity index (χ3n) is 3.07. The second-order valence-electron chi connectivity index (χ2n) is 5.19. The van der Waals surface area contributed by atoms with Gasteiger partial charge < -0.3 is 4.74 Å². The van der Waals surface area contributed by atoms with E-state index in [9.17, 15) is 22.4 Å². The Balaban J connectivity index is 4.19. The molecular weight excluding hydrogens is 320 g/mol. The number of thioether (sulfide) groups is 1. The fourth-order valence-corrected chi connectivity index (χ4v) is 2.92. The number of esters is 1. The van der Waals surface area contributed by atoms with E-state index < -0.39 is 24.0 Å². The Kier molecular flexibility index (Phi) is 11.8. The number of hydrogen-bond donors (Lipinski definition) is 0. The molecule has 1 unspecified atom stereocenters. The van der Waals surface area contributed by atoms with Crippen molar-refractivity contribution < 1.29 is 27.1 Å². The van der Waals surface area contributed by atoms with Gasteiger partial charge in [0.2, 0.25) is 0 Å². The highest BCUT2D eigenvalue weighted by Gasteiger charge is 2.39. The van der Waals surface area contributed by atoms with Gasteiger partial charge in [0.1, 0.15) is 5.25 Å². The average molecular weight is 346 g/mol. The van der Waals surface area contributed by atoms with Crippen molar-refractivity contribution in [2.24, 2.45) is 0 Å². The van der Waals surface area contributed by atoms with Gasteiger partial charge in [-0.1, -0.05) is 33.1 Å². The number of rotatable bonds is 13. The third-order valence-corrected chi connectivity index (χ3v) is 4.43. The van der Waals surface area contributed by atoms with Crippen LogP contribution in [0.5, 0.6) is 0 Å². The van der Waals surface area contributed by atoms with E-state index >= 15 is 0 Å². The Morgan fingerprint density at radius 1 is 1.14 bits per heavy atom. The van der Waals surface area contributed by atoms with Crippen LogP contribution in [-0.2, 0) is 9.53 Å². The second kappa shape index (κ2) is 12.0. The molecule has 0 fully saturated rings. The quantitative estimate of drug-likeness (QED) is 0.257. The molecule has 2 nitrogen and oxygen atoms in total. The summed E-state index contributed by atoms with van der Waals surface area (Å²) in [4.78, 5) is 11.9. The standard InChI is InChI=1S/C15H26F4O2S/c1-3-5-6-8-12(13(20)21-10-4-2)22-11-7-9-15(18,19)14(16)17/h12,14H,3-11H2,1-2H3. The molecule has 0 N–H and O–H groups in total. The predicted octanol–water partition coefficient (Wildman–Crippen LogP) is 5.30. The van der Waals surface area contributed by atoms with E-state index in [1.807, 2.05) is 13.8 Å². The summed E-state index contributed by atoms with van der Waals surface area (Å²) in [6, 6.07) is 0. The lowest BCUT2D eigenvalue weighted by atomic mass is 10.1. The fraction of sp³-hybridized carbons (Fsp3) is 0.933. The molecule has 132 valence electrons. The van der Waals surface area contributed by atoms with Crippen LogP contribution >= 0.6 is 11.8 Å². The van der Waals surface area contributed by atoms with Gasteiger partial charge in [-0.15, -0.1) is 11.8 Å². The van der Waals surface area contributed by atoms with Gasteiger partial charge in [-0.25, -0.2) is 17.6 Å². The Morgan fingerprint density at radius 2 is 1.82 bits per heavy atom. The zero-order chi connectivity index (χ0) is 17.0. The van der Waals surface area contributed by atoms with Crippen molar-refractivity contribution in [3.63, 3.8) is 0 Å². The molecule has 22 heavy (non-hydrogen) atoms. The SMILES string of the molecule is CCCCCC(SCCCC(F)(F)C(F)F)C(=O)OCCC. The molecule has 0 spiro atoms. The van der Waals surface area contributed by atoms with Crippen LogP contribution in [0.1, 0.15) is 58.8 Å². The lowest BCUT2D eigenvalue weighted by Gasteiger charge is -2.17. The lowest BCUT2D eigenvalue weighted by Crippen LogP contribution is -2.26. The van der Waals surface area contributed by atoms with Gasteiger partial charge >= 0.3 is 18.3 Å². The zero-order valence-electron chi connectivity index (χ0n) is 13.3. The molecule has 0 aromatic rings. The number of hydrogen-bond acceptors (Lipinski definition) is 3. The minimum Gasteiger partial charge on any atom is -0.465 e. The molecular formula is C15H26F4O2S. The highest BCUT2D eigenvalue weighted by atomic mass is 32.2. The normalized spacial score (nSPS) is 13.4. The number of alkyl halides is 4. The van der Waals surface area contributed by atoms with E-state index in [-0.39, 0.29) is 18.1 Å². The zero-order valence-corrected chi connectivity index (χ0v) is 14.1. The number of ether oxygens (including phenoxy) is 1. The van der Waals surface area contributed by atoms with Crippen LogP contribution in [0.2, 0.25) is 0 Å². The summed E-state index contributed by atoms with van der Waals surface area (Å²) in [5.74, 6) is -4.02. The van der Waals surface area contributed by atoms with Crippen molar-refractivity contribution in [3.8, 4) is 0 Å². The number of carbonyl (C=O) groups is 1. The molecule has 0 radical (unpaired) electrons. The van der Waals surface area contributed by atoms with Crippen molar-refractivity contribution in [1.29, 1.82) is 0 Å². The summed E-state index contributed by atoms with van der Waals surface area (Å²) >= 11 is 1.23. The molecule has 0 aromatic carbocycles. The van der Waals surface area contributed by atoms with Crippen molar-refractivity contribution >= 4 is 17.7 Å². The van der Waals surface area contributed by atoms with Crippen LogP contribution < -0.4 is 0 Å². The van der Waals surface area contributed by atoms with Crippen LogP contribution in [-0.4, -0.2) is 35.9 Å². The van der Waals surface area contributed by atoms with E-state index in [1.165, 1.54) is 11.8 Å². The lowest BCUT2D eigenvalue weighted by molar-refractivity contribution is -0.143. The van der Waals surface area contributed by atoms with Gasteiger partial charge in [0.25, 0.3) is 0 Å². The second-order valence-corrected chi connectivity index (χ2v) is 6.50. The van der Waals surface area contributed by atoms with E-state index in [0.29, 0.717) is 13.0 Å². The molecule has 0 aromatic heterocycles. The maximum Gasteiger partial charge on any atom is 0.319 e. The van der Waals surface area contributed by atoms with Crippen molar-refractivity contribution in [2.75, 3.05) is 12.4 Å². The van der Waals surface area contributed by atoms with Gasteiger partial charge in [0, 0.05) is 6.42 Å². The largest absolute Gasteiger partial charge is 0.465 e. The van der Waals surface area contributed by atoms with E-state index in [0.717, 1.165) is 25.7 Å². The first-order valence-electron chi connectivity index (χ1n) is 7.79. The highest BCUT2D eigenvalue weighted by Crippen LogP contribution is 2.29. The van der Waals surface area contributed by atoms with E-state index in [2.05, 4.69) is 0 Å². The minimum absolute atomic E-state index is 0.0483. The summed E-state index contributed by atoms with van der Waals surface area (Å²) in [5, 5.41) is -0.390. The number of carbonyl (C=O) groups excluding carboxylic acids is 1. The van der Waals surface area contributed by atoms with Crippen LogP contribution in [0.4, 0.5) is 17.6 Å². The van der Waals surface area contributed by atoms with Gasteiger partial charge in [-0.05, 0) is 25.0 Å². The summed E-state index contributed by atoms with van der Waals surface area (Å²) in [5.41, 5.74) is 0. The molecule has 0 bridgehead atoms. The van der Waals surface area contributed by atoms with Crippen LogP contribution in [0.15, 0.2) is 0 Å².